The predicted octanol–water partition coefficient (Wildman–Crippen LogP) is 3.48. The van der Waals surface area contributed by atoms with Crippen molar-refractivity contribution in [2.75, 3.05) is 0 Å². The summed E-state index contributed by atoms with van der Waals surface area (Å²) in [4.78, 5) is 10.5. The molecule has 0 bridgehead atoms. The van der Waals surface area contributed by atoms with Gasteiger partial charge < -0.3 is 4.89 Å². The molecule has 0 fully saturated rings. The van der Waals surface area contributed by atoms with Crippen LogP contribution in [0.3, 0.4) is 0 Å². The van der Waals surface area contributed by atoms with Crippen molar-refractivity contribution in [2.45, 2.75) is 58.9 Å². The molecule has 0 aliphatic heterocycles. The predicted molar refractivity (Wildman–Crippen MR) is 84.8 cm³/mol. The van der Waals surface area contributed by atoms with Crippen LogP contribution in [0.1, 0.15) is 0 Å². The van der Waals surface area contributed by atoms with Crippen molar-refractivity contribution < 1.29 is 9.46 Å². The summed E-state index contributed by atoms with van der Waals surface area (Å²) in [5, 5.41) is 0. The van der Waals surface area contributed by atoms with Gasteiger partial charge in [0.05, 0.1) is 0 Å². The highest BCUT2D eigenvalue weighted by atomic mass is 31.2. The Bertz CT molecular complexity index is 304. The molecule has 0 aromatic rings. The van der Waals surface area contributed by atoms with Gasteiger partial charge in [-0.25, -0.2) is 0 Å². The second kappa shape index (κ2) is 5.03. The van der Waals surface area contributed by atoms with Crippen LogP contribution < -0.4 is 4.75 Å². The average molecular weight is 313 g/mol. The summed E-state index contributed by atoms with van der Waals surface area (Å²) in [5.74, 6) is 0. The molecule has 0 aromatic carbocycles. The normalized spacial score (nSPS) is 18.3. The minimum Gasteiger partial charge on any atom is -0.323 e. The van der Waals surface area contributed by atoms with E-state index in [0.29, 0.717) is 0 Å². The van der Waals surface area contributed by atoms with Gasteiger partial charge in [0.1, 0.15) is 24.7 Å². The molecular formula is C9H29N2O2PSi3. The second-order valence-corrected chi connectivity index (χ2v) is 25.2. The molecule has 0 spiro atoms. The average Bonchev–Trinajstić information content (AvgIpc) is 1.66. The first-order valence-electron chi connectivity index (χ1n) is 6.00. The standard InChI is InChI=1S/C9H29N2O2PSi3/c1-15(2,3)10-14(12,13)11(16(4,5)6)17(7,8)9/h1-9H3,(H2,10,12,13). The molecule has 17 heavy (non-hydrogen) atoms. The third kappa shape index (κ3) is 5.96. The first-order valence-corrected chi connectivity index (χ1v) is 18.0. The molecule has 0 aliphatic carbocycles. The zero-order chi connectivity index (χ0) is 14.3. The minimum atomic E-state index is -3.40. The van der Waals surface area contributed by atoms with Crippen LogP contribution >= 0.6 is 7.67 Å². The highest BCUT2D eigenvalue weighted by Crippen LogP contribution is 2.49. The van der Waals surface area contributed by atoms with E-state index in [1.165, 1.54) is 0 Å². The molecular weight excluding hydrogens is 283 g/mol. The van der Waals surface area contributed by atoms with Crippen molar-refractivity contribution in [3.63, 3.8) is 0 Å². The number of hydrogen-bond donors (Lipinski definition) is 2. The smallest absolute Gasteiger partial charge is 0.321 e. The van der Waals surface area contributed by atoms with Crippen LogP contribution in [0.25, 0.3) is 0 Å². The highest BCUT2D eigenvalue weighted by molar-refractivity contribution is 7.60. The van der Waals surface area contributed by atoms with Crippen LogP contribution in [-0.2, 0) is 4.57 Å². The Morgan fingerprint density at radius 2 is 1.18 bits per heavy atom. The molecule has 0 heterocycles. The Hall–Kier alpha value is 0.761. The molecule has 8 heteroatoms. The molecule has 4 nitrogen and oxygen atoms in total. The monoisotopic (exact) mass is 312 g/mol. The fraction of sp³-hybridized carbons (Fsp3) is 1.00. The molecule has 1 unspecified atom stereocenters. The van der Waals surface area contributed by atoms with Crippen LogP contribution in [0, 0.1) is 0 Å². The molecule has 0 amide bonds. The van der Waals surface area contributed by atoms with Crippen molar-refractivity contribution in [1.29, 1.82) is 0 Å². The molecule has 1 atom stereocenters. The van der Waals surface area contributed by atoms with Gasteiger partial charge in [0.15, 0.2) is 0 Å². The number of nitrogens with zero attached hydrogens (tertiary/aromatic N) is 1. The maximum absolute atomic E-state index is 12.7. The van der Waals surface area contributed by atoms with Gasteiger partial charge in [-0.05, 0) is 0 Å². The summed E-state index contributed by atoms with van der Waals surface area (Å²) >= 11 is 0. The highest BCUT2D eigenvalue weighted by Gasteiger charge is 2.46. The summed E-state index contributed by atoms with van der Waals surface area (Å²) in [7, 11) is -8.80. The Kier molecular flexibility index (Phi) is 5.26. The fourth-order valence-electron chi connectivity index (χ4n) is 2.31. The number of hydrogen-bond acceptors (Lipinski definition) is 1. The first-order chi connectivity index (χ1) is 7.07. The van der Waals surface area contributed by atoms with Gasteiger partial charge in [-0.2, -0.15) is 0 Å². The number of nitrogens with one attached hydrogen (secondary N) is 1. The van der Waals surface area contributed by atoms with Crippen molar-refractivity contribution in [3.05, 3.63) is 0 Å². The largest absolute Gasteiger partial charge is 0.323 e. The van der Waals surface area contributed by atoms with Crippen molar-refractivity contribution in [3.8, 4) is 0 Å². The van der Waals surface area contributed by atoms with Crippen molar-refractivity contribution in [1.82, 2.24) is 8.75 Å². The van der Waals surface area contributed by atoms with E-state index < -0.39 is 32.4 Å². The lowest BCUT2D eigenvalue weighted by Crippen LogP contribution is -2.60. The summed E-state index contributed by atoms with van der Waals surface area (Å²) in [6, 6.07) is 0. The molecule has 0 radical (unpaired) electrons. The Labute approximate surface area is 110 Å². The maximum Gasteiger partial charge on any atom is 0.321 e. The van der Waals surface area contributed by atoms with E-state index in [9.17, 15) is 9.46 Å². The second-order valence-electron chi connectivity index (χ2n) is 7.56. The van der Waals surface area contributed by atoms with E-state index in [1.54, 1.807) is 0 Å². The zero-order valence-corrected chi connectivity index (χ0v) is 16.6. The lowest BCUT2D eigenvalue weighted by Gasteiger charge is -2.46. The molecule has 0 aliphatic rings. The maximum atomic E-state index is 12.7. The molecule has 2 N–H and O–H groups in total. The molecule has 0 saturated heterocycles. The van der Waals surface area contributed by atoms with Gasteiger partial charge in [-0.1, -0.05) is 58.9 Å². The van der Waals surface area contributed by atoms with E-state index in [0.717, 1.165) is 0 Å². The van der Waals surface area contributed by atoms with Crippen LogP contribution in [0.5, 0.6) is 0 Å². The van der Waals surface area contributed by atoms with Gasteiger partial charge in [0.25, 0.3) is 0 Å². The van der Waals surface area contributed by atoms with Gasteiger partial charge in [0.2, 0.25) is 0 Å². The van der Waals surface area contributed by atoms with Gasteiger partial charge in [0, 0.05) is 0 Å². The van der Waals surface area contributed by atoms with E-state index in [-0.39, 0.29) is 0 Å². The van der Waals surface area contributed by atoms with Gasteiger partial charge in [-0.15, -0.1) is 0 Å². The third-order valence-electron chi connectivity index (χ3n) is 2.02. The summed E-state index contributed by atoms with van der Waals surface area (Å²) in [5.41, 5.74) is 0. The summed E-state index contributed by atoms with van der Waals surface area (Å²) in [6.45, 7) is 19.0. The summed E-state index contributed by atoms with van der Waals surface area (Å²) in [6.07, 6.45) is 0. The number of rotatable bonds is 5. The Morgan fingerprint density at radius 3 is 1.35 bits per heavy atom. The Morgan fingerprint density at radius 1 is 0.882 bits per heavy atom. The molecule has 0 rings (SSSR count). The lowest BCUT2D eigenvalue weighted by atomic mass is 11.8. The van der Waals surface area contributed by atoms with Gasteiger partial charge >= 0.3 is 7.67 Å². The SMILES string of the molecule is C[Si](C)(C)NP(=O)(O)N([Si](C)(C)C)[Si](C)(C)C. The third-order valence-corrected chi connectivity index (χ3v) is 18.2. The van der Waals surface area contributed by atoms with Crippen LogP contribution in [0.4, 0.5) is 0 Å². The lowest BCUT2D eigenvalue weighted by molar-refractivity contribution is 0.445. The minimum absolute atomic E-state index is 1.77. The van der Waals surface area contributed by atoms with E-state index in [2.05, 4.69) is 63.7 Å². The van der Waals surface area contributed by atoms with Crippen molar-refractivity contribution in [2.24, 2.45) is 0 Å². The summed E-state index contributed by atoms with van der Waals surface area (Å²) < 4.78 is 17.7. The molecule has 0 aromatic heterocycles. The van der Waals surface area contributed by atoms with Crippen LogP contribution in [0.2, 0.25) is 58.9 Å². The molecule has 0 saturated carbocycles. The van der Waals surface area contributed by atoms with Crippen LogP contribution in [-0.4, -0.2) is 33.6 Å². The van der Waals surface area contributed by atoms with Gasteiger partial charge in [-0.3, -0.25) is 13.3 Å². The van der Waals surface area contributed by atoms with Crippen molar-refractivity contribution >= 4 is 32.4 Å². The van der Waals surface area contributed by atoms with E-state index in [4.69, 9.17) is 0 Å². The Balaban J connectivity index is 5.43. The van der Waals surface area contributed by atoms with E-state index >= 15 is 0 Å². The van der Waals surface area contributed by atoms with Crippen LogP contribution in [0.15, 0.2) is 0 Å². The molecule has 104 valence electrons. The zero-order valence-electron chi connectivity index (χ0n) is 12.7. The quantitative estimate of drug-likeness (QED) is 0.603. The van der Waals surface area contributed by atoms with E-state index in [1.807, 2.05) is 4.00 Å². The topological polar surface area (TPSA) is 52.6 Å². The first kappa shape index (κ1) is 17.8. The fourth-order valence-corrected chi connectivity index (χ4v) is 21.7.